The number of nitrogen functional groups attached to an aromatic ring is 1. The summed E-state index contributed by atoms with van der Waals surface area (Å²) in [5, 5.41) is 11.0. The van der Waals surface area contributed by atoms with Crippen molar-refractivity contribution in [2.75, 3.05) is 18.9 Å². The number of aliphatic hydroxyl groups excluding tert-OH is 1. The number of phosphoric acid groups is 2. The zero-order valence-corrected chi connectivity index (χ0v) is 23.4. The normalized spacial score (nSPS) is 37.1. The number of nitrogens with zero attached hydrogens (tertiary/aromatic N) is 7. The molecular weight excluding hydrogens is 620 g/mol. The first kappa shape index (κ1) is 28.6. The number of imidazole rings is 2. The van der Waals surface area contributed by atoms with Crippen LogP contribution < -0.4 is 11.3 Å². The number of rotatable bonds is 2. The van der Waals surface area contributed by atoms with Crippen LogP contribution in [0, 0.1) is 0 Å². The van der Waals surface area contributed by atoms with Gasteiger partial charge in [0.1, 0.15) is 48.6 Å². The van der Waals surface area contributed by atoms with Gasteiger partial charge in [-0.1, -0.05) is 0 Å². The lowest BCUT2D eigenvalue weighted by atomic mass is 10.1. The van der Waals surface area contributed by atoms with E-state index in [1.165, 1.54) is 28.1 Å². The maximum Gasteiger partial charge on any atom is 0.472 e. The minimum Gasteiger partial charge on any atom is -0.387 e. The van der Waals surface area contributed by atoms with E-state index in [1.54, 1.807) is 0 Å². The number of fused-ring (bicyclic) bond motifs is 5. The van der Waals surface area contributed by atoms with E-state index in [0.29, 0.717) is 0 Å². The number of hydrogen-bond acceptors (Lipinski definition) is 16. The predicted molar refractivity (Wildman–Crippen MR) is 138 cm³/mol. The Kier molecular flexibility index (Phi) is 6.95. The lowest BCUT2D eigenvalue weighted by molar-refractivity contribution is -0.0670. The van der Waals surface area contributed by atoms with Gasteiger partial charge in [0.25, 0.3) is 5.56 Å². The van der Waals surface area contributed by atoms with Crippen molar-refractivity contribution in [2.45, 2.75) is 49.4 Å². The molecular formula is C20H23N9O12P2. The van der Waals surface area contributed by atoms with Gasteiger partial charge < -0.3 is 35.1 Å². The molecule has 230 valence electrons. The van der Waals surface area contributed by atoms with E-state index in [2.05, 4.69) is 29.9 Å². The molecule has 3 saturated heterocycles. The topological polar surface area (TPSA) is 283 Å². The highest BCUT2D eigenvalue weighted by Gasteiger charge is 2.52. The molecule has 0 spiro atoms. The Morgan fingerprint density at radius 2 is 1.58 bits per heavy atom. The van der Waals surface area contributed by atoms with Gasteiger partial charge in [0.2, 0.25) is 0 Å². The van der Waals surface area contributed by atoms with Crippen LogP contribution in [-0.4, -0.2) is 97.7 Å². The Morgan fingerprint density at radius 1 is 0.884 bits per heavy atom. The van der Waals surface area contributed by atoms with E-state index in [-0.39, 0.29) is 34.6 Å². The first-order chi connectivity index (χ1) is 20.5. The molecule has 2 bridgehead atoms. The van der Waals surface area contributed by atoms with Gasteiger partial charge in [-0.25, -0.2) is 34.0 Å². The second kappa shape index (κ2) is 10.5. The lowest BCUT2D eigenvalue weighted by Crippen LogP contribution is -2.35. The molecule has 3 fully saturated rings. The van der Waals surface area contributed by atoms with Gasteiger partial charge in [-0.05, 0) is 0 Å². The standard InChI is InChI=1S/C20H23N9O12P2/c21-16-12-17(23-4-22-16)29(7-26-12)20-15-14(30)10(39-20)3-37-42(32,33)40-8-1-11(38-9(8)2-36-43(34,35)41-15)28-6-27-13-18(28)24-5-25-19(13)31/h4-11,14-15,20,30H,1-3H2,(H,32,33)(H,34,35)(H2,21,22,23)(H,24,25,31)/t8-,9?,10?,11?,14+,15+,20?/m0/s1. The Morgan fingerprint density at radius 3 is 2.40 bits per heavy atom. The third kappa shape index (κ3) is 5.17. The van der Waals surface area contributed by atoms with E-state index in [0.717, 1.165) is 6.33 Å². The fraction of sp³-hybridized carbons (Fsp3) is 0.500. The molecule has 23 heteroatoms. The first-order valence-corrected chi connectivity index (χ1v) is 15.6. The van der Waals surface area contributed by atoms with Crippen LogP contribution in [0.2, 0.25) is 0 Å². The molecule has 7 rings (SSSR count). The van der Waals surface area contributed by atoms with E-state index < -0.39 is 77.4 Å². The second-order valence-corrected chi connectivity index (χ2v) is 12.6. The van der Waals surface area contributed by atoms with Gasteiger partial charge in [-0.15, -0.1) is 0 Å². The molecule has 21 nitrogen and oxygen atoms in total. The van der Waals surface area contributed by atoms with Crippen molar-refractivity contribution in [3.05, 3.63) is 35.7 Å². The van der Waals surface area contributed by atoms with E-state index >= 15 is 0 Å². The zero-order chi connectivity index (χ0) is 30.1. The number of nitrogens with one attached hydrogen (secondary N) is 1. The molecule has 4 aromatic heterocycles. The molecule has 7 heterocycles. The van der Waals surface area contributed by atoms with E-state index in [1.807, 2.05) is 0 Å². The quantitative estimate of drug-likeness (QED) is 0.165. The molecule has 3 aliphatic heterocycles. The molecule has 0 saturated carbocycles. The Labute approximate surface area is 238 Å². The summed E-state index contributed by atoms with van der Waals surface area (Å²) in [5.41, 5.74) is 5.89. The van der Waals surface area contributed by atoms with Gasteiger partial charge >= 0.3 is 15.6 Å². The van der Waals surface area contributed by atoms with Crippen molar-refractivity contribution in [2.24, 2.45) is 0 Å². The van der Waals surface area contributed by atoms with E-state index in [4.69, 9.17) is 33.3 Å². The molecule has 0 aromatic carbocycles. The number of H-pyrrole nitrogens is 1. The van der Waals surface area contributed by atoms with Crippen molar-refractivity contribution in [3.63, 3.8) is 0 Å². The highest BCUT2D eigenvalue weighted by Crippen LogP contribution is 2.53. The molecule has 0 amide bonds. The molecule has 4 aromatic rings. The maximum atomic E-state index is 13.1. The number of anilines is 1. The number of ether oxygens (including phenoxy) is 2. The van der Waals surface area contributed by atoms with Crippen LogP contribution in [0.5, 0.6) is 0 Å². The summed E-state index contributed by atoms with van der Waals surface area (Å²) < 4.78 is 61.7. The molecule has 6 unspecified atom stereocenters. The fourth-order valence-electron chi connectivity index (χ4n) is 5.18. The van der Waals surface area contributed by atoms with Crippen molar-refractivity contribution >= 4 is 43.8 Å². The van der Waals surface area contributed by atoms with Gasteiger partial charge in [0.05, 0.1) is 32.2 Å². The second-order valence-electron chi connectivity index (χ2n) is 9.80. The largest absolute Gasteiger partial charge is 0.472 e. The van der Waals surface area contributed by atoms with Crippen LogP contribution in [0.25, 0.3) is 22.3 Å². The van der Waals surface area contributed by atoms with Crippen molar-refractivity contribution < 1.29 is 51.6 Å². The first-order valence-electron chi connectivity index (χ1n) is 12.6. The highest BCUT2D eigenvalue weighted by molar-refractivity contribution is 7.47. The summed E-state index contributed by atoms with van der Waals surface area (Å²) in [7, 11) is -9.82. The lowest BCUT2D eigenvalue weighted by Gasteiger charge is -2.25. The minimum absolute atomic E-state index is 0.0261. The Hall–Kier alpha value is -3.20. The Balaban J connectivity index is 1.18. The van der Waals surface area contributed by atoms with Gasteiger partial charge in [0, 0.05) is 6.42 Å². The molecule has 3 aliphatic rings. The van der Waals surface area contributed by atoms with Crippen LogP contribution in [0.3, 0.4) is 0 Å². The third-order valence-corrected chi connectivity index (χ3v) is 9.16. The van der Waals surface area contributed by atoms with Crippen LogP contribution >= 0.6 is 15.6 Å². The highest BCUT2D eigenvalue weighted by atomic mass is 31.2. The van der Waals surface area contributed by atoms with Crippen LogP contribution in [0.4, 0.5) is 5.82 Å². The van der Waals surface area contributed by atoms with Gasteiger partial charge in [-0.3, -0.25) is 32.0 Å². The van der Waals surface area contributed by atoms with Crippen molar-refractivity contribution in [1.29, 1.82) is 0 Å². The minimum atomic E-state index is -4.97. The monoisotopic (exact) mass is 643 g/mol. The average Bonchev–Trinajstić information content (AvgIpc) is 3.72. The fourth-order valence-corrected chi connectivity index (χ4v) is 7.07. The predicted octanol–water partition coefficient (Wildman–Crippen LogP) is -0.894. The number of aliphatic hydroxyl groups is 1. The van der Waals surface area contributed by atoms with Crippen LogP contribution in [0.1, 0.15) is 18.9 Å². The molecule has 0 aliphatic carbocycles. The zero-order valence-electron chi connectivity index (χ0n) is 21.6. The summed E-state index contributed by atoms with van der Waals surface area (Å²) >= 11 is 0. The van der Waals surface area contributed by atoms with Crippen molar-refractivity contribution in [3.8, 4) is 0 Å². The van der Waals surface area contributed by atoms with Gasteiger partial charge in [0.15, 0.2) is 28.9 Å². The van der Waals surface area contributed by atoms with Crippen molar-refractivity contribution in [1.82, 2.24) is 39.0 Å². The SMILES string of the molecule is Nc1ncnc2c1ncn2C1OC2COP(=O)(O)O[C@H]3CC(n4cnc5c(=O)[nH]cnc54)OC3COP(=O)(O)O[C@@H]1[C@@H]2O. The van der Waals surface area contributed by atoms with E-state index in [9.17, 15) is 28.8 Å². The summed E-state index contributed by atoms with van der Waals surface area (Å²) in [4.78, 5) is 55.9. The smallest absolute Gasteiger partial charge is 0.387 e. The maximum absolute atomic E-state index is 13.1. The average molecular weight is 643 g/mol. The number of nitrogens with two attached hydrogens (primary N) is 1. The summed E-state index contributed by atoms with van der Waals surface area (Å²) in [6.45, 7) is -1.35. The Bertz CT molecular complexity index is 1850. The van der Waals surface area contributed by atoms with Crippen LogP contribution in [0.15, 0.2) is 30.1 Å². The number of phosphoric ester groups is 2. The van der Waals surface area contributed by atoms with Crippen LogP contribution in [-0.2, 0) is 36.7 Å². The number of aromatic amines is 1. The summed E-state index contributed by atoms with van der Waals surface area (Å²) in [6, 6.07) is 0. The summed E-state index contributed by atoms with van der Waals surface area (Å²) in [6.07, 6.45) is -4.47. The summed E-state index contributed by atoms with van der Waals surface area (Å²) in [5.74, 6) is 0.0482. The number of aromatic nitrogens is 8. The molecule has 6 N–H and O–H groups in total. The molecule has 43 heavy (non-hydrogen) atoms. The molecule has 0 radical (unpaired) electrons. The third-order valence-electron chi connectivity index (χ3n) is 7.16. The van der Waals surface area contributed by atoms with Gasteiger partial charge in [-0.2, -0.15) is 0 Å². The number of hydrogen-bond donors (Lipinski definition) is 5. The molecule has 9 atom stereocenters.